The van der Waals surface area contributed by atoms with E-state index in [-0.39, 0.29) is 35.1 Å². The first-order chi connectivity index (χ1) is 12.9. The molecule has 0 aliphatic heterocycles. The van der Waals surface area contributed by atoms with E-state index >= 15 is 0 Å². The summed E-state index contributed by atoms with van der Waals surface area (Å²) in [4.78, 5) is 12.1. The number of amides is 1. The summed E-state index contributed by atoms with van der Waals surface area (Å²) in [7, 11) is -2.22. The number of carbonyl (C=O) groups excluding carboxylic acids is 1. The molecule has 0 aromatic heterocycles. The molecular weight excluding hydrogens is 371 g/mol. The van der Waals surface area contributed by atoms with Crippen LogP contribution in [0.5, 0.6) is 0 Å². The third-order valence-electron chi connectivity index (χ3n) is 3.86. The standard InChI is InChI=1S/C19H23FN2O4S/c1-26-13-5-11-21-19(23)16-7-4-8-17(14-16)27(24,25)22-12-10-15-6-2-3-9-18(15)20/h2-4,6-9,14,22H,5,10-13H2,1H3,(H,21,23). The van der Waals surface area contributed by atoms with Crippen LogP contribution in [0.4, 0.5) is 4.39 Å². The van der Waals surface area contributed by atoms with Crippen molar-refractivity contribution in [2.45, 2.75) is 17.7 Å². The summed E-state index contributed by atoms with van der Waals surface area (Å²) in [5.74, 6) is -0.724. The Morgan fingerprint density at radius 3 is 2.63 bits per heavy atom. The molecule has 0 saturated heterocycles. The van der Waals surface area contributed by atoms with Gasteiger partial charge in [0, 0.05) is 32.4 Å². The summed E-state index contributed by atoms with van der Waals surface area (Å²) in [6.07, 6.45) is 0.892. The zero-order valence-electron chi connectivity index (χ0n) is 15.1. The molecule has 0 radical (unpaired) electrons. The predicted molar refractivity (Wildman–Crippen MR) is 101 cm³/mol. The zero-order valence-corrected chi connectivity index (χ0v) is 15.9. The maximum atomic E-state index is 13.6. The topological polar surface area (TPSA) is 84.5 Å². The van der Waals surface area contributed by atoms with E-state index in [0.29, 0.717) is 25.1 Å². The Kier molecular flexibility index (Phi) is 7.90. The van der Waals surface area contributed by atoms with E-state index in [1.807, 2.05) is 0 Å². The van der Waals surface area contributed by atoms with Crippen LogP contribution in [0.3, 0.4) is 0 Å². The van der Waals surface area contributed by atoms with Crippen molar-refractivity contribution < 1.29 is 22.3 Å². The van der Waals surface area contributed by atoms with Crippen LogP contribution < -0.4 is 10.0 Å². The molecule has 0 heterocycles. The lowest BCUT2D eigenvalue weighted by molar-refractivity contribution is 0.0948. The van der Waals surface area contributed by atoms with Gasteiger partial charge in [-0.3, -0.25) is 4.79 Å². The molecule has 0 unspecified atom stereocenters. The highest BCUT2D eigenvalue weighted by atomic mass is 32.2. The van der Waals surface area contributed by atoms with Gasteiger partial charge in [0.25, 0.3) is 5.91 Å². The van der Waals surface area contributed by atoms with Crippen LogP contribution >= 0.6 is 0 Å². The first-order valence-corrected chi connectivity index (χ1v) is 10.0. The van der Waals surface area contributed by atoms with Crippen molar-refractivity contribution in [3.8, 4) is 0 Å². The summed E-state index contributed by atoms with van der Waals surface area (Å²) < 4.78 is 45.8. The molecular formula is C19H23FN2O4S. The number of rotatable bonds is 10. The van der Waals surface area contributed by atoms with Gasteiger partial charge in [0.15, 0.2) is 0 Å². The van der Waals surface area contributed by atoms with Crippen LogP contribution in [0.25, 0.3) is 0 Å². The van der Waals surface area contributed by atoms with Crippen molar-refractivity contribution in [2.24, 2.45) is 0 Å². The minimum absolute atomic E-state index is 0.0134. The van der Waals surface area contributed by atoms with Crippen LogP contribution in [0.1, 0.15) is 22.3 Å². The molecule has 0 spiro atoms. The van der Waals surface area contributed by atoms with E-state index in [4.69, 9.17) is 4.74 Å². The van der Waals surface area contributed by atoms with E-state index in [9.17, 15) is 17.6 Å². The molecule has 6 nitrogen and oxygen atoms in total. The lowest BCUT2D eigenvalue weighted by Gasteiger charge is -2.09. The number of nitrogens with one attached hydrogen (secondary N) is 2. The second-order valence-corrected chi connectivity index (χ2v) is 7.64. The minimum atomic E-state index is -3.80. The van der Waals surface area contributed by atoms with Crippen LogP contribution in [0, 0.1) is 5.82 Å². The van der Waals surface area contributed by atoms with E-state index in [1.54, 1.807) is 31.4 Å². The van der Waals surface area contributed by atoms with Crippen LogP contribution in [-0.2, 0) is 21.2 Å². The molecule has 0 bridgehead atoms. The van der Waals surface area contributed by atoms with Gasteiger partial charge in [0.05, 0.1) is 4.90 Å². The maximum Gasteiger partial charge on any atom is 0.251 e. The van der Waals surface area contributed by atoms with Crippen molar-refractivity contribution in [3.63, 3.8) is 0 Å². The molecule has 8 heteroatoms. The Hall–Kier alpha value is -2.29. The highest BCUT2D eigenvalue weighted by Gasteiger charge is 2.16. The van der Waals surface area contributed by atoms with Crippen LogP contribution in [0.15, 0.2) is 53.4 Å². The molecule has 0 aliphatic rings. The van der Waals surface area contributed by atoms with Gasteiger partial charge in [0.1, 0.15) is 5.82 Å². The first kappa shape index (κ1) is 21.0. The molecule has 2 aromatic carbocycles. The van der Waals surface area contributed by atoms with Crippen molar-refractivity contribution >= 4 is 15.9 Å². The second kappa shape index (κ2) is 10.1. The molecule has 2 N–H and O–H groups in total. The Balaban J connectivity index is 1.97. The smallest absolute Gasteiger partial charge is 0.251 e. The number of methoxy groups -OCH3 is 1. The normalized spacial score (nSPS) is 11.3. The summed E-state index contributed by atoms with van der Waals surface area (Å²) >= 11 is 0. The first-order valence-electron chi connectivity index (χ1n) is 8.54. The fourth-order valence-corrected chi connectivity index (χ4v) is 3.51. The van der Waals surface area contributed by atoms with E-state index in [2.05, 4.69) is 10.0 Å². The lowest BCUT2D eigenvalue weighted by Crippen LogP contribution is -2.28. The molecule has 0 saturated carbocycles. The van der Waals surface area contributed by atoms with Gasteiger partial charge >= 0.3 is 0 Å². The Morgan fingerprint density at radius 2 is 1.89 bits per heavy atom. The molecule has 27 heavy (non-hydrogen) atoms. The quantitative estimate of drug-likeness (QED) is 0.605. The molecule has 0 atom stereocenters. The van der Waals surface area contributed by atoms with Gasteiger partial charge in [-0.25, -0.2) is 17.5 Å². The number of benzene rings is 2. The number of ether oxygens (including phenoxy) is 1. The minimum Gasteiger partial charge on any atom is -0.385 e. The van der Waals surface area contributed by atoms with Gasteiger partial charge in [0.2, 0.25) is 10.0 Å². The van der Waals surface area contributed by atoms with Crippen molar-refractivity contribution in [2.75, 3.05) is 26.8 Å². The number of carbonyl (C=O) groups is 1. The average molecular weight is 394 g/mol. The summed E-state index contributed by atoms with van der Waals surface area (Å²) in [5.41, 5.74) is 0.689. The Morgan fingerprint density at radius 1 is 1.11 bits per heavy atom. The third-order valence-corrected chi connectivity index (χ3v) is 5.32. The summed E-state index contributed by atoms with van der Waals surface area (Å²) in [6, 6.07) is 12.0. The fourth-order valence-electron chi connectivity index (χ4n) is 2.43. The van der Waals surface area contributed by atoms with Gasteiger partial charge in [-0.05, 0) is 42.7 Å². The zero-order chi connectivity index (χ0) is 19.7. The number of hydrogen-bond donors (Lipinski definition) is 2. The summed E-state index contributed by atoms with van der Waals surface area (Å²) in [5, 5.41) is 2.71. The predicted octanol–water partition coefficient (Wildman–Crippen LogP) is 2.11. The SMILES string of the molecule is COCCCNC(=O)c1cccc(S(=O)(=O)NCCc2ccccc2F)c1. The van der Waals surface area contributed by atoms with Crippen molar-refractivity contribution in [3.05, 3.63) is 65.5 Å². The molecule has 2 rings (SSSR count). The molecule has 1 amide bonds. The second-order valence-electron chi connectivity index (χ2n) is 5.87. The third kappa shape index (κ3) is 6.42. The monoisotopic (exact) mass is 394 g/mol. The maximum absolute atomic E-state index is 13.6. The van der Waals surface area contributed by atoms with Gasteiger partial charge in [-0.2, -0.15) is 0 Å². The average Bonchev–Trinajstić information content (AvgIpc) is 2.66. The molecule has 0 aliphatic carbocycles. The number of sulfonamides is 1. The summed E-state index contributed by atoms with van der Waals surface area (Å²) in [6.45, 7) is 1.02. The van der Waals surface area contributed by atoms with Crippen molar-refractivity contribution in [1.29, 1.82) is 0 Å². The van der Waals surface area contributed by atoms with Gasteiger partial charge in [-0.1, -0.05) is 24.3 Å². The fraction of sp³-hybridized carbons (Fsp3) is 0.316. The Bertz CT molecular complexity index is 872. The van der Waals surface area contributed by atoms with Gasteiger partial charge in [-0.15, -0.1) is 0 Å². The molecule has 146 valence electrons. The van der Waals surface area contributed by atoms with E-state index in [1.165, 1.54) is 24.3 Å². The van der Waals surface area contributed by atoms with Gasteiger partial charge < -0.3 is 10.1 Å². The van der Waals surface area contributed by atoms with Crippen LogP contribution in [0.2, 0.25) is 0 Å². The van der Waals surface area contributed by atoms with Crippen molar-refractivity contribution in [1.82, 2.24) is 10.0 Å². The number of hydrogen-bond acceptors (Lipinski definition) is 4. The lowest BCUT2D eigenvalue weighted by atomic mass is 10.1. The molecule has 0 fully saturated rings. The van der Waals surface area contributed by atoms with Crippen LogP contribution in [-0.4, -0.2) is 41.1 Å². The number of halogens is 1. The highest BCUT2D eigenvalue weighted by molar-refractivity contribution is 7.89. The van der Waals surface area contributed by atoms with E-state index in [0.717, 1.165) is 0 Å². The Labute approximate surface area is 158 Å². The highest BCUT2D eigenvalue weighted by Crippen LogP contribution is 2.12. The molecule has 2 aromatic rings. The van der Waals surface area contributed by atoms with E-state index < -0.39 is 10.0 Å². The largest absolute Gasteiger partial charge is 0.385 e.